The summed E-state index contributed by atoms with van der Waals surface area (Å²) in [6, 6.07) is 0.239. The molecule has 20 heavy (non-hydrogen) atoms. The summed E-state index contributed by atoms with van der Waals surface area (Å²) in [5, 5.41) is 6.16. The van der Waals surface area contributed by atoms with Crippen LogP contribution in [-0.4, -0.2) is 50.0 Å². The zero-order chi connectivity index (χ0) is 15.4. The number of carbonyl (C=O) groups excluding carboxylic acids is 1. The molecule has 0 fully saturated rings. The Morgan fingerprint density at radius 3 is 2.75 bits per heavy atom. The summed E-state index contributed by atoms with van der Waals surface area (Å²) in [5.41, 5.74) is 0. The van der Waals surface area contributed by atoms with Crippen LogP contribution in [0.3, 0.4) is 0 Å². The van der Waals surface area contributed by atoms with Gasteiger partial charge in [-0.1, -0.05) is 13.0 Å². The van der Waals surface area contributed by atoms with Gasteiger partial charge in [-0.15, -0.1) is 6.58 Å². The number of amides is 1. The van der Waals surface area contributed by atoms with Crippen LogP contribution in [0, 0.1) is 0 Å². The van der Waals surface area contributed by atoms with Crippen LogP contribution in [0.1, 0.15) is 39.5 Å². The molecule has 5 nitrogen and oxygen atoms in total. The van der Waals surface area contributed by atoms with Gasteiger partial charge in [-0.05, 0) is 26.2 Å². The van der Waals surface area contributed by atoms with Crippen molar-refractivity contribution in [3.05, 3.63) is 12.7 Å². The molecule has 0 aliphatic rings. The van der Waals surface area contributed by atoms with E-state index in [-0.39, 0.29) is 11.9 Å². The third-order valence-corrected chi connectivity index (χ3v) is 3.13. The highest BCUT2D eigenvalue weighted by Gasteiger charge is 2.07. The third kappa shape index (κ3) is 8.56. The normalized spacial score (nSPS) is 12.7. The molecule has 0 bridgehead atoms. The molecule has 0 aromatic rings. The summed E-state index contributed by atoms with van der Waals surface area (Å²) in [6.07, 6.45) is 5.38. The Balaban J connectivity index is 3.95. The Hall–Kier alpha value is -1.52. The van der Waals surface area contributed by atoms with Gasteiger partial charge in [-0.3, -0.25) is 9.79 Å². The van der Waals surface area contributed by atoms with Crippen molar-refractivity contribution in [1.82, 2.24) is 15.5 Å². The number of nitrogens with zero attached hydrogens (tertiary/aromatic N) is 2. The highest BCUT2D eigenvalue weighted by molar-refractivity contribution is 5.81. The lowest BCUT2D eigenvalue weighted by Crippen LogP contribution is -2.41. The van der Waals surface area contributed by atoms with Gasteiger partial charge in [0.15, 0.2) is 5.96 Å². The van der Waals surface area contributed by atoms with Gasteiger partial charge in [0.1, 0.15) is 0 Å². The van der Waals surface area contributed by atoms with E-state index in [0.717, 1.165) is 31.8 Å². The first kappa shape index (κ1) is 18.5. The van der Waals surface area contributed by atoms with E-state index >= 15 is 0 Å². The van der Waals surface area contributed by atoms with Crippen molar-refractivity contribution in [3.63, 3.8) is 0 Å². The van der Waals surface area contributed by atoms with Crippen molar-refractivity contribution in [3.8, 4) is 0 Å². The first-order chi connectivity index (χ1) is 9.54. The van der Waals surface area contributed by atoms with E-state index in [1.807, 2.05) is 20.0 Å². The summed E-state index contributed by atoms with van der Waals surface area (Å²) in [5.74, 6) is 0.905. The Bertz CT molecular complexity index is 315. The van der Waals surface area contributed by atoms with Crippen LogP contribution in [0.2, 0.25) is 0 Å². The van der Waals surface area contributed by atoms with Crippen molar-refractivity contribution in [2.24, 2.45) is 4.99 Å². The van der Waals surface area contributed by atoms with Crippen molar-refractivity contribution in [2.75, 3.05) is 27.2 Å². The van der Waals surface area contributed by atoms with E-state index in [0.29, 0.717) is 13.0 Å². The van der Waals surface area contributed by atoms with Crippen molar-refractivity contribution >= 4 is 11.9 Å². The van der Waals surface area contributed by atoms with Crippen molar-refractivity contribution < 1.29 is 4.79 Å². The maximum atomic E-state index is 11.6. The van der Waals surface area contributed by atoms with Crippen LogP contribution >= 0.6 is 0 Å². The molecule has 1 amide bonds. The summed E-state index contributed by atoms with van der Waals surface area (Å²) in [6.45, 7) is 9.30. The minimum absolute atomic E-state index is 0.0802. The number of rotatable bonds is 9. The first-order valence-electron chi connectivity index (χ1n) is 7.37. The van der Waals surface area contributed by atoms with Crippen molar-refractivity contribution in [2.45, 2.75) is 45.6 Å². The van der Waals surface area contributed by atoms with Gasteiger partial charge in [0, 0.05) is 39.6 Å². The number of carbonyl (C=O) groups is 1. The second kappa shape index (κ2) is 11.3. The number of unbranched alkanes of at least 4 members (excludes halogenated alkanes) is 1. The van der Waals surface area contributed by atoms with Crippen LogP contribution in [0.15, 0.2) is 17.6 Å². The summed E-state index contributed by atoms with van der Waals surface area (Å²) >= 11 is 0. The molecule has 0 rings (SSSR count). The van der Waals surface area contributed by atoms with Gasteiger partial charge in [0.25, 0.3) is 0 Å². The van der Waals surface area contributed by atoms with E-state index in [9.17, 15) is 4.79 Å². The second-order valence-electron chi connectivity index (χ2n) is 4.95. The molecule has 0 radical (unpaired) electrons. The smallest absolute Gasteiger partial charge is 0.221 e. The SMILES string of the molecule is C=CCCCN(C)C(=NC)NCCC(=O)NC(C)CC. The molecule has 5 heteroatoms. The minimum atomic E-state index is 0.0802. The van der Waals surface area contributed by atoms with E-state index in [1.165, 1.54) is 0 Å². The van der Waals surface area contributed by atoms with Gasteiger partial charge in [0.05, 0.1) is 0 Å². The molecule has 0 saturated carbocycles. The van der Waals surface area contributed by atoms with Gasteiger partial charge in [0.2, 0.25) is 5.91 Å². The number of hydrogen-bond donors (Lipinski definition) is 2. The fourth-order valence-corrected chi connectivity index (χ4v) is 1.70. The number of nitrogens with one attached hydrogen (secondary N) is 2. The Labute approximate surface area is 123 Å². The number of aliphatic imine (C=N–C) groups is 1. The van der Waals surface area contributed by atoms with E-state index < -0.39 is 0 Å². The summed E-state index contributed by atoms with van der Waals surface area (Å²) < 4.78 is 0. The van der Waals surface area contributed by atoms with Crippen LogP contribution in [-0.2, 0) is 4.79 Å². The van der Waals surface area contributed by atoms with Crippen LogP contribution < -0.4 is 10.6 Å². The molecule has 1 unspecified atom stereocenters. The molecule has 1 atom stereocenters. The molecule has 0 heterocycles. The molecule has 116 valence electrons. The van der Waals surface area contributed by atoms with E-state index in [4.69, 9.17) is 0 Å². The second-order valence-corrected chi connectivity index (χ2v) is 4.95. The Morgan fingerprint density at radius 1 is 1.50 bits per heavy atom. The first-order valence-corrected chi connectivity index (χ1v) is 7.37. The lowest BCUT2D eigenvalue weighted by atomic mass is 10.2. The lowest BCUT2D eigenvalue weighted by Gasteiger charge is -2.22. The Morgan fingerprint density at radius 2 is 2.20 bits per heavy atom. The zero-order valence-electron chi connectivity index (χ0n) is 13.4. The number of hydrogen-bond acceptors (Lipinski definition) is 2. The molecular weight excluding hydrogens is 252 g/mol. The quantitative estimate of drug-likeness (QED) is 0.293. The molecule has 0 spiro atoms. The van der Waals surface area contributed by atoms with Gasteiger partial charge < -0.3 is 15.5 Å². The molecule has 0 aromatic heterocycles. The maximum absolute atomic E-state index is 11.6. The fourth-order valence-electron chi connectivity index (χ4n) is 1.70. The predicted octanol–water partition coefficient (Wildman–Crippen LogP) is 1.76. The summed E-state index contributed by atoms with van der Waals surface area (Å²) in [7, 11) is 3.75. The van der Waals surface area contributed by atoms with Crippen molar-refractivity contribution in [1.29, 1.82) is 0 Å². The van der Waals surface area contributed by atoms with Gasteiger partial charge in [-0.25, -0.2) is 0 Å². The standard InChI is InChI=1S/C15H30N4O/c1-6-8-9-12-19(5)15(16-4)17-11-10-14(20)18-13(3)7-2/h6,13H,1,7-12H2,2-5H3,(H,16,17)(H,18,20). The molecule has 0 aromatic carbocycles. The van der Waals surface area contributed by atoms with E-state index in [1.54, 1.807) is 7.05 Å². The topological polar surface area (TPSA) is 56.7 Å². The average Bonchev–Trinajstić information content (AvgIpc) is 2.43. The minimum Gasteiger partial charge on any atom is -0.356 e. The van der Waals surface area contributed by atoms with Crippen LogP contribution in [0.25, 0.3) is 0 Å². The highest BCUT2D eigenvalue weighted by atomic mass is 16.1. The average molecular weight is 282 g/mol. The molecular formula is C15H30N4O. The summed E-state index contributed by atoms with van der Waals surface area (Å²) in [4.78, 5) is 17.9. The molecule has 2 N–H and O–H groups in total. The number of allylic oxidation sites excluding steroid dienone is 1. The third-order valence-electron chi connectivity index (χ3n) is 3.13. The molecule has 0 aliphatic carbocycles. The highest BCUT2D eigenvalue weighted by Crippen LogP contribution is 1.94. The molecule has 0 aliphatic heterocycles. The lowest BCUT2D eigenvalue weighted by molar-refractivity contribution is -0.121. The predicted molar refractivity (Wildman–Crippen MR) is 85.9 cm³/mol. The fraction of sp³-hybridized carbons (Fsp3) is 0.733. The molecule has 0 saturated heterocycles. The zero-order valence-corrected chi connectivity index (χ0v) is 13.4. The maximum Gasteiger partial charge on any atom is 0.221 e. The Kier molecular flexibility index (Phi) is 10.5. The number of guanidine groups is 1. The van der Waals surface area contributed by atoms with Gasteiger partial charge in [-0.2, -0.15) is 0 Å². The van der Waals surface area contributed by atoms with E-state index in [2.05, 4.69) is 34.0 Å². The largest absolute Gasteiger partial charge is 0.356 e. The van der Waals surface area contributed by atoms with Crippen LogP contribution in [0.4, 0.5) is 0 Å². The monoisotopic (exact) mass is 282 g/mol. The van der Waals surface area contributed by atoms with Gasteiger partial charge >= 0.3 is 0 Å². The van der Waals surface area contributed by atoms with Crippen LogP contribution in [0.5, 0.6) is 0 Å².